The quantitative estimate of drug-likeness (QED) is 0.141. The summed E-state index contributed by atoms with van der Waals surface area (Å²) in [7, 11) is 0. The third-order valence-corrected chi connectivity index (χ3v) is 3.83. The summed E-state index contributed by atoms with van der Waals surface area (Å²) in [6, 6.07) is 0. The van der Waals surface area contributed by atoms with Crippen LogP contribution >= 0.6 is 0 Å². The Morgan fingerprint density at radius 1 is 0.844 bits per heavy atom. The molecule has 1 atom stereocenters. The predicted octanol–water partition coefficient (Wildman–Crippen LogP) is -1.69. The maximum atomic E-state index is 11.7. The molecule has 1 unspecified atom stereocenters. The predicted molar refractivity (Wildman–Crippen MR) is 104 cm³/mol. The molecule has 176 valence electrons. The van der Waals surface area contributed by atoms with Crippen molar-refractivity contribution in [2.24, 2.45) is 0 Å². The first-order valence-corrected chi connectivity index (χ1v) is 9.61. The number of hydrogen-bond acceptors (Lipinski definition) is 10. The van der Waals surface area contributed by atoms with Gasteiger partial charge in [0.25, 0.3) is 11.8 Å². The summed E-state index contributed by atoms with van der Waals surface area (Å²) in [5.74, 6) is -3.98. The van der Waals surface area contributed by atoms with E-state index < -0.39 is 47.6 Å². The number of nitrogens with zero attached hydrogens (tertiary/aromatic N) is 1. The highest BCUT2D eigenvalue weighted by Crippen LogP contribution is 2.04. The van der Waals surface area contributed by atoms with Crippen molar-refractivity contribution in [3.8, 4) is 0 Å². The molecule has 4 amide bonds. The normalized spacial score (nSPS) is 13.4. The molecule has 1 heterocycles. The van der Waals surface area contributed by atoms with Gasteiger partial charge in [0.15, 0.2) is 6.10 Å². The van der Waals surface area contributed by atoms with Gasteiger partial charge in [0, 0.05) is 45.4 Å². The standard InChI is InChI=1S/C19H25N3O10/c1-12(23)30-9-14(32-13(2)24)10-31-19(29)6-3-15(25)20-11-21-16(26)7-8-22-17(27)4-5-18(22)28/h4-5,14H,3,6-11H2,1-2H3,(H,20,25)(H,21,26). The first-order chi connectivity index (χ1) is 15.1. The van der Waals surface area contributed by atoms with Crippen molar-refractivity contribution >= 4 is 41.5 Å². The highest BCUT2D eigenvalue weighted by molar-refractivity contribution is 6.13. The van der Waals surface area contributed by atoms with E-state index in [1.807, 2.05) is 0 Å². The number of ether oxygens (including phenoxy) is 3. The van der Waals surface area contributed by atoms with Gasteiger partial charge in [0.1, 0.15) is 13.2 Å². The van der Waals surface area contributed by atoms with E-state index in [-0.39, 0.29) is 45.7 Å². The van der Waals surface area contributed by atoms with Gasteiger partial charge in [-0.15, -0.1) is 0 Å². The Hall–Kier alpha value is -3.77. The highest BCUT2D eigenvalue weighted by atomic mass is 16.6. The van der Waals surface area contributed by atoms with Crippen molar-refractivity contribution in [2.75, 3.05) is 26.4 Å². The van der Waals surface area contributed by atoms with E-state index in [0.29, 0.717) is 0 Å². The van der Waals surface area contributed by atoms with Crippen LogP contribution in [0.25, 0.3) is 0 Å². The van der Waals surface area contributed by atoms with Gasteiger partial charge >= 0.3 is 17.9 Å². The maximum Gasteiger partial charge on any atom is 0.306 e. The zero-order valence-electron chi connectivity index (χ0n) is 17.7. The van der Waals surface area contributed by atoms with Gasteiger partial charge in [0.2, 0.25) is 11.8 Å². The molecule has 0 bridgehead atoms. The van der Waals surface area contributed by atoms with Crippen LogP contribution in [0.4, 0.5) is 0 Å². The second-order valence-corrected chi connectivity index (χ2v) is 6.51. The molecule has 1 rings (SSSR count). The van der Waals surface area contributed by atoms with Crippen molar-refractivity contribution in [3.63, 3.8) is 0 Å². The van der Waals surface area contributed by atoms with Crippen LogP contribution in [-0.4, -0.2) is 79.0 Å². The minimum atomic E-state index is -0.966. The van der Waals surface area contributed by atoms with Crippen LogP contribution in [0.3, 0.4) is 0 Å². The van der Waals surface area contributed by atoms with E-state index in [1.165, 1.54) is 6.92 Å². The smallest absolute Gasteiger partial charge is 0.306 e. The van der Waals surface area contributed by atoms with Gasteiger partial charge in [-0.25, -0.2) is 0 Å². The second kappa shape index (κ2) is 13.5. The van der Waals surface area contributed by atoms with Crippen LogP contribution in [0.2, 0.25) is 0 Å². The van der Waals surface area contributed by atoms with Gasteiger partial charge in [-0.3, -0.25) is 38.5 Å². The summed E-state index contributed by atoms with van der Waals surface area (Å²) < 4.78 is 14.5. The number of esters is 3. The maximum absolute atomic E-state index is 11.7. The van der Waals surface area contributed by atoms with Gasteiger partial charge in [0.05, 0.1) is 13.1 Å². The lowest BCUT2D eigenvalue weighted by atomic mass is 10.3. The highest BCUT2D eigenvalue weighted by Gasteiger charge is 2.23. The second-order valence-electron chi connectivity index (χ2n) is 6.51. The van der Waals surface area contributed by atoms with Crippen molar-refractivity contribution in [2.45, 2.75) is 39.2 Å². The third-order valence-electron chi connectivity index (χ3n) is 3.83. The Morgan fingerprint density at radius 2 is 1.41 bits per heavy atom. The molecule has 0 aromatic heterocycles. The minimum absolute atomic E-state index is 0.0813. The van der Waals surface area contributed by atoms with Crippen molar-refractivity contribution in [3.05, 3.63) is 12.2 Å². The van der Waals surface area contributed by atoms with Gasteiger partial charge in [-0.1, -0.05) is 0 Å². The van der Waals surface area contributed by atoms with E-state index in [4.69, 9.17) is 14.2 Å². The van der Waals surface area contributed by atoms with Crippen molar-refractivity contribution < 1.29 is 47.8 Å². The largest absolute Gasteiger partial charge is 0.462 e. The molecule has 13 nitrogen and oxygen atoms in total. The van der Waals surface area contributed by atoms with Crippen molar-refractivity contribution in [1.29, 1.82) is 0 Å². The summed E-state index contributed by atoms with van der Waals surface area (Å²) >= 11 is 0. The van der Waals surface area contributed by atoms with E-state index >= 15 is 0 Å². The molecule has 0 aromatic carbocycles. The number of rotatable bonds is 13. The fourth-order valence-corrected chi connectivity index (χ4v) is 2.32. The summed E-state index contributed by atoms with van der Waals surface area (Å²) in [5, 5.41) is 4.76. The van der Waals surface area contributed by atoms with E-state index in [2.05, 4.69) is 10.6 Å². The van der Waals surface area contributed by atoms with Gasteiger partial charge < -0.3 is 24.8 Å². The lowest BCUT2D eigenvalue weighted by molar-refractivity contribution is -0.164. The number of amides is 4. The molecule has 32 heavy (non-hydrogen) atoms. The topological polar surface area (TPSA) is 174 Å². The molecule has 0 aromatic rings. The molecule has 0 fully saturated rings. The summed E-state index contributed by atoms with van der Waals surface area (Å²) in [6.07, 6.45) is 0.638. The molecular weight excluding hydrogens is 430 g/mol. The van der Waals surface area contributed by atoms with Crippen LogP contribution in [0.1, 0.15) is 33.1 Å². The third kappa shape index (κ3) is 10.8. The van der Waals surface area contributed by atoms with Gasteiger partial charge in [-0.2, -0.15) is 0 Å². The van der Waals surface area contributed by atoms with Crippen LogP contribution < -0.4 is 10.6 Å². The Kier molecular flexibility index (Phi) is 11.1. The molecule has 1 aliphatic rings. The summed E-state index contributed by atoms with van der Waals surface area (Å²) in [6.45, 7) is 1.41. The Morgan fingerprint density at radius 3 is 1.97 bits per heavy atom. The molecular formula is C19H25N3O10. The average Bonchev–Trinajstić information content (AvgIpc) is 3.03. The molecule has 0 radical (unpaired) electrons. The number of hydrogen-bond donors (Lipinski definition) is 2. The van der Waals surface area contributed by atoms with Crippen LogP contribution in [0, 0.1) is 0 Å². The average molecular weight is 455 g/mol. The first-order valence-electron chi connectivity index (χ1n) is 9.61. The molecule has 0 spiro atoms. The van der Waals surface area contributed by atoms with Crippen LogP contribution in [0.15, 0.2) is 12.2 Å². The molecule has 2 N–H and O–H groups in total. The Labute approximate surface area is 183 Å². The SMILES string of the molecule is CC(=O)OCC(COC(=O)CCC(=O)NCNC(=O)CCN1C(=O)C=CC1=O)OC(C)=O. The number of imide groups is 1. The van der Waals surface area contributed by atoms with E-state index in [9.17, 15) is 33.6 Å². The zero-order chi connectivity index (χ0) is 24.1. The molecule has 13 heteroatoms. The van der Waals surface area contributed by atoms with Crippen molar-refractivity contribution in [1.82, 2.24) is 15.5 Å². The summed E-state index contributed by atoms with van der Waals surface area (Å²) in [5.41, 5.74) is 0. The summed E-state index contributed by atoms with van der Waals surface area (Å²) in [4.78, 5) is 80.7. The molecule has 1 aliphatic heterocycles. The lowest BCUT2D eigenvalue weighted by Gasteiger charge is -2.16. The fraction of sp³-hybridized carbons (Fsp3) is 0.526. The Bertz CT molecular complexity index is 774. The zero-order valence-corrected chi connectivity index (χ0v) is 17.7. The number of carbonyl (C=O) groups excluding carboxylic acids is 7. The van der Waals surface area contributed by atoms with Gasteiger partial charge in [-0.05, 0) is 0 Å². The van der Waals surface area contributed by atoms with Crippen LogP contribution in [0.5, 0.6) is 0 Å². The molecule has 0 saturated heterocycles. The fourth-order valence-electron chi connectivity index (χ4n) is 2.32. The lowest BCUT2D eigenvalue weighted by Crippen LogP contribution is -2.39. The van der Waals surface area contributed by atoms with E-state index in [1.54, 1.807) is 0 Å². The monoisotopic (exact) mass is 455 g/mol. The molecule has 0 aliphatic carbocycles. The molecule has 0 saturated carbocycles. The number of carbonyl (C=O) groups is 7. The Balaban J connectivity index is 2.19. The number of nitrogens with one attached hydrogen (secondary N) is 2. The van der Waals surface area contributed by atoms with Crippen LogP contribution in [-0.2, 0) is 47.8 Å². The minimum Gasteiger partial charge on any atom is -0.462 e. The first kappa shape index (κ1) is 26.3. The van der Waals surface area contributed by atoms with E-state index in [0.717, 1.165) is 24.0 Å².